The van der Waals surface area contributed by atoms with Gasteiger partial charge in [-0.1, -0.05) is 26.3 Å². The molecule has 0 aromatic carbocycles. The highest BCUT2D eigenvalue weighted by atomic mass is 19.1. The Bertz CT molecular complexity index is 1090. The van der Waals surface area contributed by atoms with E-state index in [0.717, 1.165) is 31.8 Å². The van der Waals surface area contributed by atoms with Crippen molar-refractivity contribution in [2.24, 2.45) is 37.5 Å². The lowest BCUT2D eigenvalue weighted by molar-refractivity contribution is 0.0701. The minimum atomic E-state index is -1.61. The van der Waals surface area contributed by atoms with Crippen molar-refractivity contribution < 1.29 is 23.0 Å². The Hall–Kier alpha value is -3.28. The number of nitrogens with one attached hydrogen (secondary N) is 1. The van der Waals surface area contributed by atoms with Crippen LogP contribution in [0.25, 0.3) is 0 Å². The number of hydrogen-bond donors (Lipinski definition) is 2. The molecule has 12 heteroatoms. The minimum Gasteiger partial charge on any atom is -0.388 e. The summed E-state index contributed by atoms with van der Waals surface area (Å²) in [6.45, 7) is 8.54. The van der Waals surface area contributed by atoms with Crippen LogP contribution in [0.5, 0.6) is 0 Å². The topological polar surface area (TPSA) is 138 Å². The monoisotopic (exact) mass is 549 g/mol. The summed E-state index contributed by atoms with van der Waals surface area (Å²) in [5.74, 6) is -0.338. The van der Waals surface area contributed by atoms with E-state index >= 15 is 0 Å². The van der Waals surface area contributed by atoms with Crippen molar-refractivity contribution in [3.63, 3.8) is 0 Å². The molecule has 1 amide bonds. The third kappa shape index (κ3) is 7.03. The molecule has 1 saturated carbocycles. The van der Waals surface area contributed by atoms with Crippen molar-refractivity contribution >= 4 is 35.7 Å². The molecular formula is C27H41F2N7O3. The molecule has 0 bridgehead atoms. The van der Waals surface area contributed by atoms with Crippen LogP contribution in [0.3, 0.4) is 0 Å². The Labute approximate surface area is 229 Å². The fraction of sp³-hybridized carbons (Fsp3) is 0.630. The summed E-state index contributed by atoms with van der Waals surface area (Å²) in [4.78, 5) is 30.7. The second-order valence-corrected chi connectivity index (χ2v) is 10.2. The summed E-state index contributed by atoms with van der Waals surface area (Å²) in [7, 11) is 4.39. The molecule has 1 heterocycles. The van der Waals surface area contributed by atoms with E-state index in [1.807, 2.05) is 11.8 Å². The number of halogens is 2. The number of amidine groups is 3. The van der Waals surface area contributed by atoms with E-state index in [0.29, 0.717) is 24.8 Å². The summed E-state index contributed by atoms with van der Waals surface area (Å²) in [5, 5.41) is 8.08. The molecule has 0 radical (unpaired) electrons. The second kappa shape index (κ2) is 13.7. The van der Waals surface area contributed by atoms with E-state index in [4.69, 9.17) is 25.6 Å². The molecule has 2 unspecified atom stereocenters. The Morgan fingerprint density at radius 3 is 2.49 bits per heavy atom. The number of carbonyl (C=O) groups excluding carboxylic acids is 1. The Morgan fingerprint density at radius 2 is 2.00 bits per heavy atom. The fourth-order valence-electron chi connectivity index (χ4n) is 5.01. The molecule has 39 heavy (non-hydrogen) atoms. The number of primary amides is 1. The Balaban J connectivity index is 2.80. The van der Waals surface area contributed by atoms with E-state index < -0.39 is 35.6 Å². The van der Waals surface area contributed by atoms with Crippen LogP contribution in [0, 0.1) is 17.2 Å². The quantitative estimate of drug-likeness (QED) is 0.245. The van der Waals surface area contributed by atoms with Gasteiger partial charge in [0.15, 0.2) is 5.84 Å². The van der Waals surface area contributed by atoms with Gasteiger partial charge in [0.1, 0.15) is 29.5 Å². The largest absolute Gasteiger partial charge is 0.411 e. The number of allylic oxidation sites excluding steroid dienone is 2. The molecule has 216 valence electrons. The van der Waals surface area contributed by atoms with Gasteiger partial charge in [-0.15, -0.1) is 0 Å². The molecule has 0 spiro atoms. The maximum atomic E-state index is 15.0. The molecular weight excluding hydrogens is 508 g/mol. The zero-order valence-electron chi connectivity index (χ0n) is 23.8. The first-order valence-corrected chi connectivity index (χ1v) is 12.9. The lowest BCUT2D eigenvalue weighted by atomic mass is 9.81. The van der Waals surface area contributed by atoms with Gasteiger partial charge >= 0.3 is 6.09 Å². The van der Waals surface area contributed by atoms with Crippen molar-refractivity contribution in [1.29, 1.82) is 5.41 Å². The van der Waals surface area contributed by atoms with Crippen molar-refractivity contribution in [1.82, 2.24) is 4.90 Å². The maximum absolute atomic E-state index is 15.0. The predicted molar refractivity (Wildman–Crippen MR) is 152 cm³/mol. The molecule has 0 saturated heterocycles. The van der Waals surface area contributed by atoms with Gasteiger partial charge < -0.3 is 25.1 Å². The van der Waals surface area contributed by atoms with Gasteiger partial charge in [0.05, 0.1) is 0 Å². The minimum absolute atomic E-state index is 0.195. The highest BCUT2D eigenvalue weighted by Crippen LogP contribution is 2.40. The van der Waals surface area contributed by atoms with Gasteiger partial charge in [0.25, 0.3) is 5.90 Å². The first-order chi connectivity index (χ1) is 18.4. The van der Waals surface area contributed by atoms with Gasteiger partial charge in [-0.2, -0.15) is 0 Å². The van der Waals surface area contributed by atoms with Gasteiger partial charge in [0, 0.05) is 46.0 Å². The average Bonchev–Trinajstić information content (AvgIpc) is 3.18. The standard InChI is InChI=1S/C27H41F2N7O3/c1-8-20(29)19(15-28)27(4,38-7)24-35-23(34-22(33-6)21(30)39-25(31)37)26(3,13-14-32-5)36(24)16-18-11-9-17(2)10-12-18/h8,14,17-18,30H,1,9-13,15-16H2,2-7H3,(H2,31,37)/b20-19-,30-21?,32-14?,33-22?,34-23?. The van der Waals surface area contributed by atoms with Crippen molar-refractivity contribution in [3.05, 3.63) is 24.1 Å². The second-order valence-electron chi connectivity index (χ2n) is 10.2. The van der Waals surface area contributed by atoms with Gasteiger partial charge in [-0.05, 0) is 44.6 Å². The molecule has 0 aromatic rings. The van der Waals surface area contributed by atoms with Crippen LogP contribution in [0.1, 0.15) is 52.9 Å². The van der Waals surface area contributed by atoms with Crippen molar-refractivity contribution in [3.8, 4) is 0 Å². The van der Waals surface area contributed by atoms with Crippen LogP contribution in [-0.2, 0) is 9.47 Å². The van der Waals surface area contributed by atoms with Crippen LogP contribution in [-0.4, -0.2) is 86.2 Å². The fourth-order valence-corrected chi connectivity index (χ4v) is 5.01. The molecule has 2 aliphatic rings. The molecule has 1 aliphatic heterocycles. The van der Waals surface area contributed by atoms with Crippen molar-refractivity contribution in [2.75, 3.05) is 34.4 Å². The zero-order valence-corrected chi connectivity index (χ0v) is 23.8. The number of alkyl halides is 1. The van der Waals surface area contributed by atoms with Gasteiger partial charge in [0.2, 0.25) is 5.84 Å². The number of ether oxygens (including phenoxy) is 2. The van der Waals surface area contributed by atoms with Crippen LogP contribution >= 0.6 is 0 Å². The van der Waals surface area contributed by atoms with E-state index in [1.165, 1.54) is 14.2 Å². The van der Waals surface area contributed by atoms with Crippen LogP contribution in [0.4, 0.5) is 13.6 Å². The number of amides is 1. The van der Waals surface area contributed by atoms with E-state index in [-0.39, 0.29) is 23.1 Å². The lowest BCUT2D eigenvalue weighted by Gasteiger charge is -2.44. The third-order valence-electron chi connectivity index (χ3n) is 7.63. The van der Waals surface area contributed by atoms with E-state index in [1.54, 1.807) is 20.2 Å². The third-order valence-corrected chi connectivity index (χ3v) is 7.63. The zero-order chi connectivity index (χ0) is 29.4. The van der Waals surface area contributed by atoms with Crippen LogP contribution in [0.2, 0.25) is 0 Å². The molecule has 10 nitrogen and oxygen atoms in total. The number of methoxy groups -OCH3 is 1. The number of nitrogens with zero attached hydrogens (tertiary/aromatic N) is 5. The lowest BCUT2D eigenvalue weighted by Crippen LogP contribution is -2.58. The van der Waals surface area contributed by atoms with Gasteiger partial charge in [-0.3, -0.25) is 10.4 Å². The first kappa shape index (κ1) is 31.9. The normalized spacial score (nSPS) is 27.3. The summed E-state index contributed by atoms with van der Waals surface area (Å²) < 4.78 is 39.8. The number of carbonyl (C=O) groups is 1. The van der Waals surface area contributed by atoms with E-state index in [2.05, 4.69) is 28.5 Å². The summed E-state index contributed by atoms with van der Waals surface area (Å²) in [5.41, 5.74) is 2.24. The maximum Gasteiger partial charge on any atom is 0.411 e. The summed E-state index contributed by atoms with van der Waals surface area (Å²) >= 11 is 0. The summed E-state index contributed by atoms with van der Waals surface area (Å²) in [6.07, 6.45) is 5.93. The number of aliphatic imine (C=N–C) groups is 4. The first-order valence-electron chi connectivity index (χ1n) is 12.9. The predicted octanol–water partition coefficient (Wildman–Crippen LogP) is 4.66. The molecule has 1 fully saturated rings. The van der Waals surface area contributed by atoms with Crippen LogP contribution < -0.4 is 5.73 Å². The Morgan fingerprint density at radius 1 is 1.36 bits per heavy atom. The van der Waals surface area contributed by atoms with Crippen LogP contribution in [0.15, 0.2) is 44.0 Å². The average molecular weight is 550 g/mol. The summed E-state index contributed by atoms with van der Waals surface area (Å²) in [6, 6.07) is 0. The molecule has 1 aliphatic carbocycles. The number of nitrogens with two attached hydrogens (primary N) is 1. The molecule has 3 N–H and O–H groups in total. The highest BCUT2D eigenvalue weighted by molar-refractivity contribution is 6.40. The van der Waals surface area contributed by atoms with Crippen molar-refractivity contribution in [2.45, 2.75) is 64.0 Å². The molecule has 0 aromatic heterocycles. The number of hydrogen-bond acceptors (Lipinski definition) is 7. The molecule has 2 atom stereocenters. The van der Waals surface area contributed by atoms with E-state index in [9.17, 15) is 13.6 Å². The SMILES string of the molecule is C=C/C(F)=C(\CF)C(C)(OC)C1=NC(=NC(=NC)C(=N)OC(N)=O)C(C)(CC=NC)N1CC1CCC(C)CC1. The highest BCUT2D eigenvalue weighted by Gasteiger charge is 2.52. The number of rotatable bonds is 9. The smallest absolute Gasteiger partial charge is 0.388 e. The van der Waals surface area contributed by atoms with Gasteiger partial charge in [-0.25, -0.2) is 23.6 Å². The molecule has 2 rings (SSSR count). The Kier molecular flexibility index (Phi) is 11.2.